The van der Waals surface area contributed by atoms with Gasteiger partial charge in [-0.05, 0) is 24.6 Å². The number of nitrogens with zero attached hydrogens (tertiary/aromatic N) is 2. The number of carbonyl (C=O) groups is 1. The average molecular weight is 287 g/mol. The molecule has 1 fully saturated rings. The van der Waals surface area contributed by atoms with Gasteiger partial charge in [0.1, 0.15) is 6.61 Å². The first-order valence-electron chi connectivity index (χ1n) is 6.87. The van der Waals surface area contributed by atoms with E-state index in [0.717, 1.165) is 22.7 Å². The van der Waals surface area contributed by atoms with Crippen LogP contribution in [0, 0.1) is 6.92 Å². The number of nitrogens with one attached hydrogen (secondary N) is 1. The first kappa shape index (κ1) is 13.5. The van der Waals surface area contributed by atoms with E-state index in [-0.39, 0.29) is 6.09 Å². The van der Waals surface area contributed by atoms with Crippen molar-refractivity contribution in [3.05, 3.63) is 47.3 Å². The summed E-state index contributed by atoms with van der Waals surface area (Å²) in [5, 5.41) is 7.11. The van der Waals surface area contributed by atoms with Gasteiger partial charge in [0, 0.05) is 18.3 Å². The normalized spacial score (nSPS) is 14.3. The Morgan fingerprint density at radius 1 is 1.33 bits per heavy atom. The summed E-state index contributed by atoms with van der Waals surface area (Å²) in [4.78, 5) is 13.1. The van der Waals surface area contributed by atoms with E-state index in [9.17, 15) is 4.79 Å². The second kappa shape index (κ2) is 5.87. The van der Waals surface area contributed by atoms with E-state index in [1.165, 1.54) is 0 Å². The Bertz CT molecular complexity index is 621. The lowest BCUT2D eigenvalue weighted by molar-refractivity contribution is 0.157. The molecule has 0 unspecified atom stereocenters. The molecule has 6 nitrogen and oxygen atoms in total. The number of aryl methyl sites for hydroxylation is 1. The van der Waals surface area contributed by atoms with Gasteiger partial charge >= 0.3 is 6.09 Å². The zero-order valence-corrected chi connectivity index (χ0v) is 11.8. The third-order valence-corrected chi connectivity index (χ3v) is 3.32. The van der Waals surface area contributed by atoms with Crippen LogP contribution in [0.5, 0.6) is 0 Å². The van der Waals surface area contributed by atoms with Crippen molar-refractivity contribution in [2.45, 2.75) is 20.0 Å². The molecule has 110 valence electrons. The number of benzene rings is 1. The first-order chi connectivity index (χ1) is 10.2. The highest BCUT2D eigenvalue weighted by molar-refractivity contribution is 5.69. The molecular weight excluding hydrogens is 270 g/mol. The number of rotatable bonds is 5. The number of amides is 1. The minimum atomic E-state index is -0.238. The maximum atomic E-state index is 11.4. The Balaban J connectivity index is 1.55. The van der Waals surface area contributed by atoms with Gasteiger partial charge < -0.3 is 19.5 Å². The van der Waals surface area contributed by atoms with Crippen LogP contribution in [0.15, 0.2) is 34.9 Å². The SMILES string of the molecule is Cc1cc(CNc2ccc(CN3CCOC3=O)cc2)on1. The molecule has 2 heterocycles. The summed E-state index contributed by atoms with van der Waals surface area (Å²) in [5.74, 6) is 0.802. The lowest BCUT2D eigenvalue weighted by atomic mass is 10.2. The molecule has 0 saturated carbocycles. The molecule has 0 atom stereocenters. The van der Waals surface area contributed by atoms with Gasteiger partial charge in [0.25, 0.3) is 0 Å². The number of hydrogen-bond acceptors (Lipinski definition) is 5. The Labute approximate surface area is 122 Å². The number of ether oxygens (including phenoxy) is 1. The molecule has 0 aliphatic carbocycles. The Morgan fingerprint density at radius 3 is 2.76 bits per heavy atom. The van der Waals surface area contributed by atoms with Crippen molar-refractivity contribution in [1.29, 1.82) is 0 Å². The smallest absolute Gasteiger partial charge is 0.410 e. The van der Waals surface area contributed by atoms with E-state index < -0.39 is 0 Å². The highest BCUT2D eigenvalue weighted by Gasteiger charge is 2.21. The van der Waals surface area contributed by atoms with Crippen LogP contribution in [0.1, 0.15) is 17.0 Å². The minimum absolute atomic E-state index is 0.238. The summed E-state index contributed by atoms with van der Waals surface area (Å²) < 4.78 is 10.0. The summed E-state index contributed by atoms with van der Waals surface area (Å²) >= 11 is 0. The third-order valence-electron chi connectivity index (χ3n) is 3.32. The molecule has 2 aromatic rings. The Morgan fingerprint density at radius 2 is 2.14 bits per heavy atom. The molecular formula is C15H17N3O3. The Kier molecular flexibility index (Phi) is 3.77. The van der Waals surface area contributed by atoms with Gasteiger partial charge in [0.05, 0.1) is 18.8 Å². The van der Waals surface area contributed by atoms with Gasteiger partial charge in [0.2, 0.25) is 0 Å². The van der Waals surface area contributed by atoms with Crippen LogP contribution in [0.4, 0.5) is 10.5 Å². The summed E-state index contributed by atoms with van der Waals surface area (Å²) in [6.07, 6.45) is -0.238. The molecule has 1 aliphatic heterocycles. The molecule has 3 rings (SSSR count). The molecule has 6 heteroatoms. The van der Waals surface area contributed by atoms with Crippen LogP contribution in [0.2, 0.25) is 0 Å². The maximum Gasteiger partial charge on any atom is 0.410 e. The lowest BCUT2D eigenvalue weighted by Gasteiger charge is -2.13. The summed E-state index contributed by atoms with van der Waals surface area (Å²) in [6.45, 7) is 4.21. The van der Waals surface area contributed by atoms with Crippen molar-refractivity contribution in [3.63, 3.8) is 0 Å². The quantitative estimate of drug-likeness (QED) is 0.915. The third kappa shape index (κ3) is 3.34. The van der Waals surface area contributed by atoms with Crippen molar-refractivity contribution >= 4 is 11.8 Å². The van der Waals surface area contributed by atoms with Gasteiger partial charge in [-0.2, -0.15) is 0 Å². The number of aromatic nitrogens is 1. The second-order valence-electron chi connectivity index (χ2n) is 5.02. The fourth-order valence-corrected chi connectivity index (χ4v) is 2.21. The predicted octanol–water partition coefficient (Wildman–Crippen LogP) is 2.55. The van der Waals surface area contributed by atoms with E-state index >= 15 is 0 Å². The number of anilines is 1. The highest BCUT2D eigenvalue weighted by Crippen LogP contribution is 2.15. The monoisotopic (exact) mass is 287 g/mol. The molecule has 1 aliphatic rings. The van der Waals surface area contributed by atoms with Gasteiger partial charge in [-0.25, -0.2) is 4.79 Å². The van der Waals surface area contributed by atoms with Crippen LogP contribution < -0.4 is 5.32 Å². The second-order valence-corrected chi connectivity index (χ2v) is 5.02. The molecule has 1 aromatic heterocycles. The average Bonchev–Trinajstić information content (AvgIpc) is 3.08. The first-order valence-corrected chi connectivity index (χ1v) is 6.87. The van der Waals surface area contributed by atoms with E-state index in [4.69, 9.17) is 9.26 Å². The molecule has 1 amide bonds. The van der Waals surface area contributed by atoms with Crippen molar-refractivity contribution in [1.82, 2.24) is 10.1 Å². The van der Waals surface area contributed by atoms with Gasteiger partial charge in [-0.15, -0.1) is 0 Å². The predicted molar refractivity (Wildman–Crippen MR) is 76.8 cm³/mol. The number of carbonyl (C=O) groups excluding carboxylic acids is 1. The van der Waals surface area contributed by atoms with Gasteiger partial charge in [0.15, 0.2) is 5.76 Å². The maximum absolute atomic E-state index is 11.4. The van der Waals surface area contributed by atoms with Crippen LogP contribution >= 0.6 is 0 Å². The number of hydrogen-bond donors (Lipinski definition) is 1. The molecule has 1 saturated heterocycles. The zero-order chi connectivity index (χ0) is 14.7. The lowest BCUT2D eigenvalue weighted by Crippen LogP contribution is -2.23. The molecule has 21 heavy (non-hydrogen) atoms. The van der Waals surface area contributed by atoms with Crippen LogP contribution in [0.25, 0.3) is 0 Å². The summed E-state index contributed by atoms with van der Waals surface area (Å²) in [7, 11) is 0. The fourth-order valence-electron chi connectivity index (χ4n) is 2.21. The molecule has 1 N–H and O–H groups in total. The fraction of sp³-hybridized carbons (Fsp3) is 0.333. The molecule has 0 radical (unpaired) electrons. The van der Waals surface area contributed by atoms with E-state index in [2.05, 4.69) is 10.5 Å². The van der Waals surface area contributed by atoms with E-state index in [1.54, 1.807) is 4.90 Å². The molecule has 0 bridgehead atoms. The van der Waals surface area contributed by atoms with E-state index in [0.29, 0.717) is 26.2 Å². The largest absolute Gasteiger partial charge is 0.448 e. The van der Waals surface area contributed by atoms with Crippen molar-refractivity contribution in [2.24, 2.45) is 0 Å². The summed E-state index contributed by atoms with van der Waals surface area (Å²) in [6, 6.07) is 9.87. The minimum Gasteiger partial charge on any atom is -0.448 e. The van der Waals surface area contributed by atoms with Crippen LogP contribution in [-0.4, -0.2) is 29.3 Å². The highest BCUT2D eigenvalue weighted by atomic mass is 16.6. The van der Waals surface area contributed by atoms with Gasteiger partial charge in [-0.3, -0.25) is 0 Å². The topological polar surface area (TPSA) is 67.6 Å². The van der Waals surface area contributed by atoms with E-state index in [1.807, 2.05) is 37.3 Å². The Hall–Kier alpha value is -2.50. The van der Waals surface area contributed by atoms with Gasteiger partial charge in [-0.1, -0.05) is 17.3 Å². The standard InChI is InChI=1S/C15H17N3O3/c1-11-8-14(21-17-11)9-16-13-4-2-12(3-5-13)10-18-6-7-20-15(18)19/h2-5,8,16H,6-7,9-10H2,1H3. The van der Waals surface area contributed by atoms with Crippen molar-refractivity contribution in [3.8, 4) is 0 Å². The zero-order valence-electron chi connectivity index (χ0n) is 11.8. The number of cyclic esters (lactones) is 1. The van der Waals surface area contributed by atoms with Crippen LogP contribution in [-0.2, 0) is 17.8 Å². The summed E-state index contributed by atoms with van der Waals surface area (Å²) in [5.41, 5.74) is 2.95. The molecule has 0 spiro atoms. The van der Waals surface area contributed by atoms with Crippen LogP contribution in [0.3, 0.4) is 0 Å². The van der Waals surface area contributed by atoms with Crippen molar-refractivity contribution in [2.75, 3.05) is 18.5 Å². The molecule has 1 aromatic carbocycles. The van der Waals surface area contributed by atoms with Crippen molar-refractivity contribution < 1.29 is 14.1 Å².